The van der Waals surface area contributed by atoms with E-state index in [0.29, 0.717) is 0 Å². The second-order valence-corrected chi connectivity index (χ2v) is 4.74. The summed E-state index contributed by atoms with van der Waals surface area (Å²) < 4.78 is 5.31. The Balaban J connectivity index is 2.46. The van der Waals surface area contributed by atoms with Crippen molar-refractivity contribution in [3.05, 3.63) is 23.8 Å². The van der Waals surface area contributed by atoms with E-state index in [1.165, 1.54) is 0 Å². The standard InChI is InChI=1S/C12H16O2S/c1-14-10-6-3-5-9(11(10)15-2)12(13)7-4-8-12/h3,5-6,13H,4,7-8H2,1-2H3. The van der Waals surface area contributed by atoms with Gasteiger partial charge in [0.25, 0.3) is 0 Å². The molecule has 0 radical (unpaired) electrons. The molecule has 0 bridgehead atoms. The second-order valence-electron chi connectivity index (χ2n) is 3.93. The van der Waals surface area contributed by atoms with E-state index in [1.54, 1.807) is 18.9 Å². The molecule has 2 rings (SSSR count). The molecule has 2 nitrogen and oxygen atoms in total. The van der Waals surface area contributed by atoms with Gasteiger partial charge in [0.05, 0.1) is 17.6 Å². The van der Waals surface area contributed by atoms with Gasteiger partial charge in [-0.25, -0.2) is 0 Å². The first-order chi connectivity index (χ1) is 7.21. The van der Waals surface area contributed by atoms with Crippen LogP contribution in [0.25, 0.3) is 0 Å². The Hall–Kier alpha value is -0.670. The smallest absolute Gasteiger partial charge is 0.132 e. The minimum absolute atomic E-state index is 0.604. The van der Waals surface area contributed by atoms with E-state index in [1.807, 2.05) is 24.5 Å². The minimum Gasteiger partial charge on any atom is -0.496 e. The Morgan fingerprint density at radius 2 is 2.13 bits per heavy atom. The Bertz CT molecular complexity index is 359. The maximum absolute atomic E-state index is 10.3. The summed E-state index contributed by atoms with van der Waals surface area (Å²) in [6.07, 6.45) is 4.87. The average molecular weight is 224 g/mol. The Morgan fingerprint density at radius 3 is 2.60 bits per heavy atom. The van der Waals surface area contributed by atoms with Crippen LogP contribution in [0.2, 0.25) is 0 Å². The van der Waals surface area contributed by atoms with Crippen molar-refractivity contribution >= 4 is 11.8 Å². The van der Waals surface area contributed by atoms with Crippen LogP contribution in [0, 0.1) is 0 Å². The Kier molecular flexibility index (Phi) is 2.94. The first-order valence-electron chi connectivity index (χ1n) is 5.15. The van der Waals surface area contributed by atoms with Gasteiger partial charge in [0.15, 0.2) is 0 Å². The molecule has 0 amide bonds. The zero-order valence-electron chi connectivity index (χ0n) is 9.12. The van der Waals surface area contributed by atoms with Crippen LogP contribution in [-0.4, -0.2) is 18.5 Å². The predicted octanol–water partition coefficient (Wildman–Crippen LogP) is 2.79. The first kappa shape index (κ1) is 10.8. The molecule has 0 atom stereocenters. The van der Waals surface area contributed by atoms with Crippen molar-refractivity contribution in [2.24, 2.45) is 0 Å². The zero-order chi connectivity index (χ0) is 10.9. The summed E-state index contributed by atoms with van der Waals surface area (Å²) in [6.45, 7) is 0. The molecule has 0 saturated heterocycles. The fourth-order valence-electron chi connectivity index (χ4n) is 2.03. The summed E-state index contributed by atoms with van der Waals surface area (Å²) in [7, 11) is 1.67. The molecule has 1 fully saturated rings. The van der Waals surface area contributed by atoms with Gasteiger partial charge in [-0.2, -0.15) is 0 Å². The molecule has 1 aliphatic rings. The molecule has 0 aromatic heterocycles. The molecule has 1 aromatic carbocycles. The zero-order valence-corrected chi connectivity index (χ0v) is 9.93. The molecule has 0 heterocycles. The van der Waals surface area contributed by atoms with Crippen molar-refractivity contribution in [2.75, 3.05) is 13.4 Å². The third kappa shape index (κ3) is 1.74. The number of hydrogen-bond donors (Lipinski definition) is 1. The van der Waals surface area contributed by atoms with Gasteiger partial charge < -0.3 is 9.84 Å². The monoisotopic (exact) mass is 224 g/mol. The lowest BCUT2D eigenvalue weighted by atomic mass is 9.75. The second kappa shape index (κ2) is 4.06. The number of methoxy groups -OCH3 is 1. The number of benzene rings is 1. The van der Waals surface area contributed by atoms with Crippen molar-refractivity contribution in [2.45, 2.75) is 29.8 Å². The quantitative estimate of drug-likeness (QED) is 0.801. The normalized spacial score (nSPS) is 18.3. The van der Waals surface area contributed by atoms with Crippen LogP contribution in [0.15, 0.2) is 23.1 Å². The van der Waals surface area contributed by atoms with E-state index in [4.69, 9.17) is 4.74 Å². The molecular formula is C12H16O2S. The van der Waals surface area contributed by atoms with Crippen molar-refractivity contribution in [3.63, 3.8) is 0 Å². The van der Waals surface area contributed by atoms with Crippen LogP contribution < -0.4 is 4.74 Å². The molecule has 1 N–H and O–H groups in total. The van der Waals surface area contributed by atoms with Crippen LogP contribution in [0.3, 0.4) is 0 Å². The van der Waals surface area contributed by atoms with Crippen molar-refractivity contribution in [1.82, 2.24) is 0 Å². The third-order valence-corrected chi connectivity index (χ3v) is 3.91. The minimum atomic E-state index is -0.604. The summed E-state index contributed by atoms with van der Waals surface area (Å²) in [5.41, 5.74) is 0.424. The lowest BCUT2D eigenvalue weighted by molar-refractivity contribution is -0.0413. The van der Waals surface area contributed by atoms with Crippen LogP contribution in [-0.2, 0) is 5.60 Å². The third-order valence-electron chi connectivity index (χ3n) is 3.09. The Morgan fingerprint density at radius 1 is 1.40 bits per heavy atom. The molecule has 82 valence electrons. The topological polar surface area (TPSA) is 29.5 Å². The van der Waals surface area contributed by atoms with Crippen molar-refractivity contribution in [1.29, 1.82) is 0 Å². The number of ether oxygens (including phenoxy) is 1. The Labute approximate surface area is 94.6 Å². The predicted molar refractivity (Wildman–Crippen MR) is 62.5 cm³/mol. The summed E-state index contributed by atoms with van der Waals surface area (Å²) in [6, 6.07) is 5.90. The molecule has 0 aliphatic heterocycles. The lowest BCUT2D eigenvalue weighted by Crippen LogP contribution is -2.34. The molecular weight excluding hydrogens is 208 g/mol. The van der Waals surface area contributed by atoms with Crippen LogP contribution >= 0.6 is 11.8 Å². The molecule has 15 heavy (non-hydrogen) atoms. The SMILES string of the molecule is COc1cccc(C2(O)CCC2)c1SC. The summed E-state index contributed by atoms with van der Waals surface area (Å²) >= 11 is 1.64. The van der Waals surface area contributed by atoms with Crippen LogP contribution in [0.4, 0.5) is 0 Å². The van der Waals surface area contributed by atoms with Gasteiger partial charge in [-0.05, 0) is 31.6 Å². The van der Waals surface area contributed by atoms with Crippen molar-refractivity contribution in [3.8, 4) is 5.75 Å². The van der Waals surface area contributed by atoms with Gasteiger partial charge >= 0.3 is 0 Å². The maximum atomic E-state index is 10.3. The van der Waals surface area contributed by atoms with Gasteiger partial charge in [-0.15, -0.1) is 11.8 Å². The highest BCUT2D eigenvalue weighted by molar-refractivity contribution is 7.98. The highest BCUT2D eigenvalue weighted by atomic mass is 32.2. The average Bonchev–Trinajstić information content (AvgIpc) is 2.24. The van der Waals surface area contributed by atoms with Crippen LogP contribution in [0.5, 0.6) is 5.75 Å². The highest BCUT2D eigenvalue weighted by Gasteiger charge is 2.38. The maximum Gasteiger partial charge on any atom is 0.132 e. The van der Waals surface area contributed by atoms with Gasteiger partial charge in [0, 0.05) is 5.56 Å². The van der Waals surface area contributed by atoms with E-state index in [-0.39, 0.29) is 0 Å². The molecule has 1 saturated carbocycles. The van der Waals surface area contributed by atoms with Crippen LogP contribution in [0.1, 0.15) is 24.8 Å². The van der Waals surface area contributed by atoms with Gasteiger partial charge in [-0.3, -0.25) is 0 Å². The number of aliphatic hydroxyl groups is 1. The molecule has 1 aromatic rings. The number of hydrogen-bond acceptors (Lipinski definition) is 3. The van der Waals surface area contributed by atoms with Crippen molar-refractivity contribution < 1.29 is 9.84 Å². The van der Waals surface area contributed by atoms with E-state index >= 15 is 0 Å². The van der Waals surface area contributed by atoms with E-state index < -0.39 is 5.60 Å². The summed E-state index contributed by atoms with van der Waals surface area (Å²) in [5.74, 6) is 0.861. The summed E-state index contributed by atoms with van der Waals surface area (Å²) in [4.78, 5) is 1.07. The fraction of sp³-hybridized carbons (Fsp3) is 0.500. The first-order valence-corrected chi connectivity index (χ1v) is 6.37. The molecule has 1 aliphatic carbocycles. The molecule has 0 unspecified atom stereocenters. The number of thioether (sulfide) groups is 1. The van der Waals surface area contributed by atoms with E-state index in [9.17, 15) is 5.11 Å². The van der Waals surface area contributed by atoms with Gasteiger partial charge in [-0.1, -0.05) is 12.1 Å². The van der Waals surface area contributed by atoms with E-state index in [0.717, 1.165) is 35.5 Å². The highest BCUT2D eigenvalue weighted by Crippen LogP contribution is 2.46. The largest absolute Gasteiger partial charge is 0.496 e. The van der Waals surface area contributed by atoms with Gasteiger partial charge in [0.1, 0.15) is 5.75 Å². The van der Waals surface area contributed by atoms with E-state index in [2.05, 4.69) is 0 Å². The lowest BCUT2D eigenvalue weighted by Gasteiger charge is -2.38. The number of rotatable bonds is 3. The fourth-order valence-corrected chi connectivity index (χ4v) is 2.87. The molecule has 3 heteroatoms. The summed E-state index contributed by atoms with van der Waals surface area (Å²) in [5, 5.41) is 10.3. The van der Waals surface area contributed by atoms with Gasteiger partial charge in [0.2, 0.25) is 0 Å². The molecule has 0 spiro atoms.